The van der Waals surface area contributed by atoms with Gasteiger partial charge in [-0.1, -0.05) is 18.2 Å². The summed E-state index contributed by atoms with van der Waals surface area (Å²) in [6.45, 7) is 2.63. The summed E-state index contributed by atoms with van der Waals surface area (Å²) in [7, 11) is 0. The minimum atomic E-state index is 0.666. The lowest BCUT2D eigenvalue weighted by Crippen LogP contribution is -2.02. The molecule has 2 heteroatoms. The van der Waals surface area contributed by atoms with Gasteiger partial charge < -0.3 is 10.2 Å². The van der Waals surface area contributed by atoms with Crippen molar-refractivity contribution in [2.75, 3.05) is 6.54 Å². The molecule has 1 heterocycles. The number of hydrogen-bond donors (Lipinski definition) is 1. The van der Waals surface area contributed by atoms with Gasteiger partial charge in [0.15, 0.2) is 0 Å². The second-order valence-corrected chi connectivity index (χ2v) is 3.23. The van der Waals surface area contributed by atoms with Crippen LogP contribution in [-0.4, -0.2) is 6.54 Å². The van der Waals surface area contributed by atoms with E-state index in [9.17, 15) is 0 Å². The minimum Gasteiger partial charge on any atom is -0.461 e. The SMILES string of the molecule is Cc1cc2cccc(CCN)c2o1. The number of aryl methyl sites for hydroxylation is 1. The summed E-state index contributed by atoms with van der Waals surface area (Å²) < 4.78 is 5.60. The molecule has 68 valence electrons. The summed E-state index contributed by atoms with van der Waals surface area (Å²) in [5, 5.41) is 1.17. The van der Waals surface area contributed by atoms with Gasteiger partial charge in [-0.05, 0) is 31.5 Å². The van der Waals surface area contributed by atoms with Crippen LogP contribution in [-0.2, 0) is 6.42 Å². The second kappa shape index (κ2) is 3.23. The Kier molecular flexibility index (Phi) is 2.07. The van der Waals surface area contributed by atoms with Gasteiger partial charge in [-0.2, -0.15) is 0 Å². The van der Waals surface area contributed by atoms with Gasteiger partial charge in [0.2, 0.25) is 0 Å². The third-order valence-corrected chi connectivity index (χ3v) is 2.16. The Morgan fingerprint density at radius 3 is 3.00 bits per heavy atom. The predicted octanol–water partition coefficient (Wildman–Crippen LogP) is 2.24. The molecule has 0 saturated carbocycles. The smallest absolute Gasteiger partial charge is 0.137 e. The standard InChI is InChI=1S/C11H13NO/c1-8-7-10-4-2-3-9(5-6-12)11(10)13-8/h2-4,7H,5-6,12H2,1H3. The van der Waals surface area contributed by atoms with Crippen LogP contribution in [0.1, 0.15) is 11.3 Å². The van der Waals surface area contributed by atoms with E-state index in [1.165, 1.54) is 10.9 Å². The molecule has 0 atom stereocenters. The second-order valence-electron chi connectivity index (χ2n) is 3.23. The highest BCUT2D eigenvalue weighted by atomic mass is 16.3. The molecule has 13 heavy (non-hydrogen) atoms. The maximum atomic E-state index is 5.60. The van der Waals surface area contributed by atoms with Crippen molar-refractivity contribution < 1.29 is 4.42 Å². The molecule has 0 radical (unpaired) electrons. The van der Waals surface area contributed by atoms with Crippen LogP contribution in [0.5, 0.6) is 0 Å². The average molecular weight is 175 g/mol. The fourth-order valence-corrected chi connectivity index (χ4v) is 1.60. The third kappa shape index (κ3) is 1.45. The first kappa shape index (κ1) is 8.32. The highest BCUT2D eigenvalue weighted by Gasteiger charge is 2.04. The summed E-state index contributed by atoms with van der Waals surface area (Å²) in [5.74, 6) is 0.958. The molecule has 0 spiro atoms. The average Bonchev–Trinajstić information content (AvgIpc) is 2.47. The van der Waals surface area contributed by atoms with Crippen molar-refractivity contribution in [3.8, 4) is 0 Å². The van der Waals surface area contributed by atoms with Crippen LogP contribution >= 0.6 is 0 Å². The molecule has 0 aliphatic carbocycles. The normalized spacial score (nSPS) is 10.9. The van der Waals surface area contributed by atoms with Crippen molar-refractivity contribution >= 4 is 11.0 Å². The van der Waals surface area contributed by atoms with Crippen molar-refractivity contribution in [1.29, 1.82) is 0 Å². The van der Waals surface area contributed by atoms with Crippen LogP contribution in [0.25, 0.3) is 11.0 Å². The van der Waals surface area contributed by atoms with Crippen LogP contribution in [0.2, 0.25) is 0 Å². The minimum absolute atomic E-state index is 0.666. The molecule has 0 unspecified atom stereocenters. The van der Waals surface area contributed by atoms with Crippen LogP contribution in [0.4, 0.5) is 0 Å². The lowest BCUT2D eigenvalue weighted by Gasteiger charge is -1.98. The number of fused-ring (bicyclic) bond motifs is 1. The summed E-state index contributed by atoms with van der Waals surface area (Å²) >= 11 is 0. The highest BCUT2D eigenvalue weighted by molar-refractivity contribution is 5.81. The predicted molar refractivity (Wildman–Crippen MR) is 53.7 cm³/mol. The summed E-state index contributed by atoms with van der Waals surface area (Å²) in [4.78, 5) is 0. The number of nitrogens with two attached hydrogens (primary N) is 1. The van der Waals surface area contributed by atoms with E-state index in [4.69, 9.17) is 10.2 Å². The monoisotopic (exact) mass is 175 g/mol. The van der Waals surface area contributed by atoms with Crippen LogP contribution in [0, 0.1) is 6.92 Å². The van der Waals surface area contributed by atoms with Gasteiger partial charge in [0.25, 0.3) is 0 Å². The Balaban J connectivity index is 2.60. The zero-order chi connectivity index (χ0) is 9.26. The van der Waals surface area contributed by atoms with E-state index in [-0.39, 0.29) is 0 Å². The summed E-state index contributed by atoms with van der Waals surface area (Å²) in [5.41, 5.74) is 7.71. The maximum absolute atomic E-state index is 5.60. The van der Waals surface area contributed by atoms with Crippen molar-refractivity contribution in [1.82, 2.24) is 0 Å². The molecule has 0 aliphatic heterocycles. The molecule has 0 amide bonds. The lowest BCUT2D eigenvalue weighted by molar-refractivity contribution is 0.574. The molecule has 0 fully saturated rings. The van der Waals surface area contributed by atoms with E-state index in [1.807, 2.05) is 13.0 Å². The highest BCUT2D eigenvalue weighted by Crippen LogP contribution is 2.22. The van der Waals surface area contributed by atoms with Gasteiger partial charge in [0.1, 0.15) is 11.3 Å². The van der Waals surface area contributed by atoms with Crippen molar-refractivity contribution in [2.24, 2.45) is 5.73 Å². The topological polar surface area (TPSA) is 39.2 Å². The lowest BCUT2D eigenvalue weighted by atomic mass is 10.1. The molecule has 0 bridgehead atoms. The summed E-state index contributed by atoms with van der Waals surface area (Å²) in [6.07, 6.45) is 0.879. The first-order chi connectivity index (χ1) is 6.31. The van der Waals surface area contributed by atoms with Gasteiger partial charge in [-0.25, -0.2) is 0 Å². The number of hydrogen-bond acceptors (Lipinski definition) is 2. The Morgan fingerprint density at radius 1 is 1.38 bits per heavy atom. The molecule has 1 aromatic carbocycles. The van der Waals surface area contributed by atoms with E-state index in [0.29, 0.717) is 6.54 Å². The zero-order valence-electron chi connectivity index (χ0n) is 7.71. The first-order valence-electron chi connectivity index (χ1n) is 4.49. The van der Waals surface area contributed by atoms with Gasteiger partial charge in [0, 0.05) is 5.39 Å². The van der Waals surface area contributed by atoms with Crippen LogP contribution in [0.15, 0.2) is 28.7 Å². The zero-order valence-corrected chi connectivity index (χ0v) is 7.71. The molecule has 0 aliphatic rings. The number of rotatable bonds is 2. The third-order valence-electron chi connectivity index (χ3n) is 2.16. The fraction of sp³-hybridized carbons (Fsp3) is 0.273. The van der Waals surface area contributed by atoms with Crippen molar-refractivity contribution in [3.63, 3.8) is 0 Å². The summed E-state index contributed by atoms with van der Waals surface area (Å²) in [6, 6.07) is 8.22. The molecular weight excluding hydrogens is 162 g/mol. The van der Waals surface area contributed by atoms with E-state index in [1.54, 1.807) is 0 Å². The molecule has 2 aromatic rings. The Bertz CT molecular complexity index is 417. The van der Waals surface area contributed by atoms with E-state index >= 15 is 0 Å². The Labute approximate surface area is 77.3 Å². The van der Waals surface area contributed by atoms with Crippen LogP contribution in [0.3, 0.4) is 0 Å². The maximum Gasteiger partial charge on any atom is 0.137 e. The molecular formula is C11H13NO. The largest absolute Gasteiger partial charge is 0.461 e. The molecule has 0 saturated heterocycles. The molecule has 2 nitrogen and oxygen atoms in total. The van der Waals surface area contributed by atoms with E-state index in [0.717, 1.165) is 17.8 Å². The van der Waals surface area contributed by atoms with Gasteiger partial charge in [-0.15, -0.1) is 0 Å². The van der Waals surface area contributed by atoms with Gasteiger partial charge in [-0.3, -0.25) is 0 Å². The first-order valence-corrected chi connectivity index (χ1v) is 4.49. The van der Waals surface area contributed by atoms with Gasteiger partial charge >= 0.3 is 0 Å². The number of para-hydroxylation sites is 1. The molecule has 1 aromatic heterocycles. The van der Waals surface area contributed by atoms with Gasteiger partial charge in [0.05, 0.1) is 0 Å². The van der Waals surface area contributed by atoms with E-state index in [2.05, 4.69) is 18.2 Å². The molecule has 2 rings (SSSR count). The quantitative estimate of drug-likeness (QED) is 0.760. The van der Waals surface area contributed by atoms with E-state index < -0.39 is 0 Å². The number of furan rings is 1. The van der Waals surface area contributed by atoms with Crippen LogP contribution < -0.4 is 5.73 Å². The molecule has 2 N–H and O–H groups in total. The van der Waals surface area contributed by atoms with Crippen molar-refractivity contribution in [2.45, 2.75) is 13.3 Å². The fourth-order valence-electron chi connectivity index (χ4n) is 1.60. The number of benzene rings is 1. The van der Waals surface area contributed by atoms with Crippen molar-refractivity contribution in [3.05, 3.63) is 35.6 Å². The Hall–Kier alpha value is -1.28. The Morgan fingerprint density at radius 2 is 2.23 bits per heavy atom.